The Bertz CT molecular complexity index is 2100. The van der Waals surface area contributed by atoms with E-state index in [0.29, 0.717) is 0 Å². The molecule has 0 radical (unpaired) electrons. The van der Waals surface area contributed by atoms with Crippen molar-refractivity contribution in [1.29, 1.82) is 0 Å². The summed E-state index contributed by atoms with van der Waals surface area (Å²) in [4.78, 5) is 9.55. The van der Waals surface area contributed by atoms with E-state index in [-0.39, 0.29) is 33.2 Å². The summed E-state index contributed by atoms with van der Waals surface area (Å²) < 4.78 is 13.3. The molecule has 0 N–H and O–H groups in total. The number of rotatable bonds is 5. The van der Waals surface area contributed by atoms with Gasteiger partial charge in [-0.25, -0.2) is 0 Å². The Morgan fingerprint density at radius 2 is 1.35 bits per heavy atom. The Labute approximate surface area is 285 Å². The first-order valence-corrected chi connectivity index (χ1v) is 15.8. The molecule has 4 aromatic carbocycles. The molecule has 0 amide bonds. The van der Waals surface area contributed by atoms with Crippen LogP contribution in [0, 0.1) is 12.1 Å². The van der Waals surface area contributed by atoms with Gasteiger partial charge in [-0.1, -0.05) is 76.1 Å². The van der Waals surface area contributed by atoms with Crippen LogP contribution in [0.3, 0.4) is 0 Å². The van der Waals surface area contributed by atoms with Crippen LogP contribution in [-0.4, -0.2) is 16.7 Å². The molecule has 228 valence electrons. The van der Waals surface area contributed by atoms with Gasteiger partial charge in [0.05, 0.1) is 0 Å². The SMILES string of the molecule is CCCCc1ccnc(-c2[c-]c3c(cc2)Oc2cc(C(C)(C)C)cc4c2B3c2[c-]c(-c3cc5ccccc5cn3)ccc2O4)c1.[Pt+2]. The molecule has 2 aromatic heterocycles. The number of benzene rings is 4. The second kappa shape index (κ2) is 11.9. The van der Waals surface area contributed by atoms with Crippen LogP contribution in [0.1, 0.15) is 51.7 Å². The maximum Gasteiger partial charge on any atom is 2.00 e. The van der Waals surface area contributed by atoms with E-state index in [1.54, 1.807) is 0 Å². The van der Waals surface area contributed by atoms with E-state index in [1.807, 2.05) is 18.5 Å². The van der Waals surface area contributed by atoms with Crippen LogP contribution in [0.5, 0.6) is 23.0 Å². The van der Waals surface area contributed by atoms with Gasteiger partial charge in [-0.05, 0) is 64.2 Å². The fourth-order valence-electron chi connectivity index (χ4n) is 6.45. The molecule has 2 aliphatic rings. The van der Waals surface area contributed by atoms with Crippen LogP contribution >= 0.6 is 0 Å². The summed E-state index contributed by atoms with van der Waals surface area (Å²) in [5.74, 6) is 3.24. The van der Waals surface area contributed by atoms with Crippen molar-refractivity contribution >= 4 is 33.9 Å². The number of ether oxygens (including phenoxy) is 2. The predicted octanol–water partition coefficient (Wildman–Crippen LogP) is 7.93. The number of aromatic nitrogens is 2. The first-order valence-electron chi connectivity index (χ1n) is 15.8. The number of aryl methyl sites for hydroxylation is 1. The van der Waals surface area contributed by atoms with Crippen molar-refractivity contribution in [3.05, 3.63) is 115 Å². The Hall–Kier alpha value is -4.21. The molecule has 0 atom stereocenters. The summed E-state index contributed by atoms with van der Waals surface area (Å²) in [6, 6.07) is 34.8. The summed E-state index contributed by atoms with van der Waals surface area (Å²) in [6.45, 7) is 8.70. The van der Waals surface area contributed by atoms with Crippen molar-refractivity contribution in [1.82, 2.24) is 9.97 Å². The van der Waals surface area contributed by atoms with E-state index in [0.717, 1.165) is 97.5 Å². The van der Waals surface area contributed by atoms with Gasteiger partial charge in [-0.3, -0.25) is 0 Å². The predicted molar refractivity (Wildman–Crippen MR) is 183 cm³/mol. The smallest absolute Gasteiger partial charge is 0.503 e. The quantitative estimate of drug-likeness (QED) is 0.132. The molecule has 0 aliphatic carbocycles. The Kier molecular flexibility index (Phi) is 7.85. The van der Waals surface area contributed by atoms with E-state index >= 15 is 0 Å². The minimum Gasteiger partial charge on any atom is -0.503 e. The minimum absolute atomic E-state index is 0. The molecule has 0 unspecified atom stereocenters. The van der Waals surface area contributed by atoms with Gasteiger partial charge in [0.1, 0.15) is 11.5 Å². The van der Waals surface area contributed by atoms with Crippen LogP contribution in [-0.2, 0) is 32.9 Å². The average Bonchev–Trinajstić information content (AvgIpc) is 3.06. The molecule has 6 aromatic rings. The number of nitrogens with zero attached hydrogens (tertiary/aromatic N) is 2. The average molecular weight is 780 g/mol. The third-order valence-corrected chi connectivity index (χ3v) is 8.97. The molecule has 4 heterocycles. The molecule has 6 heteroatoms. The monoisotopic (exact) mass is 779 g/mol. The molecule has 46 heavy (non-hydrogen) atoms. The van der Waals surface area contributed by atoms with Crippen LogP contribution in [0.15, 0.2) is 91.3 Å². The zero-order valence-corrected chi connectivity index (χ0v) is 28.7. The zero-order chi connectivity index (χ0) is 30.7. The van der Waals surface area contributed by atoms with Gasteiger partial charge in [-0.2, -0.15) is 0 Å². The van der Waals surface area contributed by atoms with Gasteiger partial charge < -0.3 is 19.4 Å². The molecule has 4 nitrogen and oxygen atoms in total. The van der Waals surface area contributed by atoms with E-state index < -0.39 is 0 Å². The van der Waals surface area contributed by atoms with E-state index in [2.05, 4.69) is 113 Å². The van der Waals surface area contributed by atoms with Crippen LogP contribution in [0.4, 0.5) is 0 Å². The van der Waals surface area contributed by atoms with Gasteiger partial charge >= 0.3 is 21.1 Å². The van der Waals surface area contributed by atoms with Gasteiger partial charge in [-0.15, -0.1) is 58.5 Å². The molecule has 8 rings (SSSR count). The summed E-state index contributed by atoms with van der Waals surface area (Å²) in [7, 11) is 0. The topological polar surface area (TPSA) is 44.2 Å². The molecule has 0 fully saturated rings. The number of fused-ring (bicyclic) bond motifs is 5. The second-order valence-corrected chi connectivity index (χ2v) is 13.1. The maximum absolute atomic E-state index is 6.65. The summed E-state index contributed by atoms with van der Waals surface area (Å²) >= 11 is 0. The molecule has 0 spiro atoms. The number of hydrogen-bond acceptors (Lipinski definition) is 4. The van der Waals surface area contributed by atoms with Crippen LogP contribution in [0.25, 0.3) is 33.3 Å². The van der Waals surface area contributed by atoms with Crippen LogP contribution in [0.2, 0.25) is 0 Å². The van der Waals surface area contributed by atoms with Crippen LogP contribution < -0.4 is 25.9 Å². The zero-order valence-electron chi connectivity index (χ0n) is 26.4. The Balaban J connectivity index is 0.00000338. The van der Waals surface area contributed by atoms with Gasteiger partial charge in [0, 0.05) is 29.4 Å². The Morgan fingerprint density at radius 1 is 0.717 bits per heavy atom. The standard InChI is InChI=1S/C40H33BN2O2.Pt/c1-5-6-9-25-16-17-42-33(18-25)27-12-14-35-31(19-27)41-32-20-28(34-21-26-10-7-8-11-29(26)24-43-34)13-15-36(32)45-38-23-30(40(2,3)4)22-37(44-35)39(38)41;/h7-8,10-18,21-24H,5-6,9H2,1-4H3;/q-2;+2. The summed E-state index contributed by atoms with van der Waals surface area (Å²) in [5.41, 5.74) is 9.01. The molecular weight excluding hydrogens is 746 g/mol. The van der Waals surface area contributed by atoms with Gasteiger partial charge in [0.2, 0.25) is 6.71 Å². The summed E-state index contributed by atoms with van der Waals surface area (Å²) in [5, 5.41) is 2.26. The normalized spacial score (nSPS) is 12.7. The van der Waals surface area contributed by atoms with Crippen molar-refractivity contribution in [3.8, 4) is 45.5 Å². The third-order valence-electron chi connectivity index (χ3n) is 8.97. The second-order valence-electron chi connectivity index (χ2n) is 13.1. The van der Waals surface area contributed by atoms with Crippen molar-refractivity contribution in [2.75, 3.05) is 0 Å². The van der Waals surface area contributed by atoms with E-state index in [4.69, 9.17) is 19.4 Å². The molecule has 0 saturated carbocycles. The first kappa shape index (κ1) is 30.4. The first-order chi connectivity index (χ1) is 21.9. The molecule has 2 aliphatic heterocycles. The van der Waals surface area contributed by atoms with Gasteiger partial charge in [0.15, 0.2) is 0 Å². The fourth-order valence-corrected chi connectivity index (χ4v) is 6.45. The summed E-state index contributed by atoms with van der Waals surface area (Å²) in [6.07, 6.45) is 7.20. The van der Waals surface area contributed by atoms with E-state index in [9.17, 15) is 0 Å². The number of unbranched alkanes of at least 4 members (excludes halogenated alkanes) is 1. The molecule has 0 saturated heterocycles. The minimum atomic E-state index is -0.167. The van der Waals surface area contributed by atoms with Crippen molar-refractivity contribution < 1.29 is 30.5 Å². The number of pyridine rings is 2. The van der Waals surface area contributed by atoms with Crippen molar-refractivity contribution in [2.45, 2.75) is 52.4 Å². The Morgan fingerprint density at radius 3 is 1.98 bits per heavy atom. The molecule has 0 bridgehead atoms. The molecular formula is C40H33BN2O2Pt. The largest absolute Gasteiger partial charge is 2.00 e. The fraction of sp³-hybridized carbons (Fsp3) is 0.200. The number of hydrogen-bond donors (Lipinski definition) is 0. The van der Waals surface area contributed by atoms with Crippen molar-refractivity contribution in [2.24, 2.45) is 0 Å². The third kappa shape index (κ3) is 5.35. The maximum atomic E-state index is 6.65. The van der Waals surface area contributed by atoms with Crippen molar-refractivity contribution in [3.63, 3.8) is 0 Å². The van der Waals surface area contributed by atoms with Gasteiger partial charge in [0.25, 0.3) is 0 Å². The van der Waals surface area contributed by atoms with E-state index in [1.165, 1.54) is 5.56 Å².